The molecule has 0 saturated carbocycles. The molecule has 3 aromatic rings. The molecule has 0 atom stereocenters. The molecule has 1 aliphatic heterocycles. The topological polar surface area (TPSA) is 80.8 Å². The Labute approximate surface area is 226 Å². The molecule has 0 N–H and O–H groups in total. The molecule has 38 heavy (non-hydrogen) atoms. The summed E-state index contributed by atoms with van der Waals surface area (Å²) >= 11 is 0. The van der Waals surface area contributed by atoms with Gasteiger partial charge in [-0.25, -0.2) is 0 Å². The second kappa shape index (κ2) is 10.6. The second-order valence-corrected chi connectivity index (χ2v) is 12.5. The van der Waals surface area contributed by atoms with Crippen molar-refractivity contribution in [3.8, 4) is 0 Å². The summed E-state index contributed by atoms with van der Waals surface area (Å²) in [6.07, 6.45) is 2.43. The van der Waals surface area contributed by atoms with E-state index in [1.165, 1.54) is 0 Å². The van der Waals surface area contributed by atoms with E-state index in [0.717, 1.165) is 29.4 Å². The third kappa shape index (κ3) is 4.90. The monoisotopic (exact) mass is 535 g/mol. The number of hydrogen-bond donors (Lipinski definition) is 0. The van der Waals surface area contributed by atoms with Crippen molar-refractivity contribution in [2.75, 3.05) is 0 Å². The molecule has 202 valence electrons. The summed E-state index contributed by atoms with van der Waals surface area (Å²) in [5.41, 5.74) is 3.63. The van der Waals surface area contributed by atoms with Crippen LogP contribution in [-0.4, -0.2) is 25.3 Å². The third-order valence-corrected chi connectivity index (χ3v) is 8.56. The highest BCUT2D eigenvalue weighted by Gasteiger charge is 2.40. The normalized spacial score (nSPS) is 14.0. The maximum Gasteiger partial charge on any atom is 0.318 e. The van der Waals surface area contributed by atoms with E-state index in [4.69, 9.17) is 4.28 Å². The first-order valence-corrected chi connectivity index (χ1v) is 14.9. The Bertz CT molecular complexity index is 1490. The highest BCUT2D eigenvalue weighted by atomic mass is 32.2. The summed E-state index contributed by atoms with van der Waals surface area (Å²) < 4.78 is 33.5. The van der Waals surface area contributed by atoms with Crippen molar-refractivity contribution in [2.45, 2.75) is 90.4 Å². The number of imide groups is 1. The average molecular weight is 536 g/mol. The fraction of sp³-hybridized carbons (Fsp3) is 0.419. The zero-order valence-electron chi connectivity index (χ0n) is 23.3. The molecule has 1 heterocycles. The van der Waals surface area contributed by atoms with Gasteiger partial charge in [0.2, 0.25) is 0 Å². The van der Waals surface area contributed by atoms with E-state index in [0.29, 0.717) is 33.6 Å². The molecule has 6 nitrogen and oxygen atoms in total. The fourth-order valence-corrected chi connectivity index (χ4v) is 6.68. The number of hydroxylamine groups is 2. The molecule has 0 saturated heterocycles. The molecule has 1 aliphatic rings. The van der Waals surface area contributed by atoms with E-state index in [9.17, 15) is 18.0 Å². The number of unbranched alkanes of at least 4 members (excludes halogenated alkanes) is 1. The molecule has 4 rings (SSSR count). The minimum atomic E-state index is -4.54. The molecule has 0 radical (unpaired) electrons. The van der Waals surface area contributed by atoms with Crippen LogP contribution in [0.2, 0.25) is 0 Å². The van der Waals surface area contributed by atoms with Crippen LogP contribution in [0.1, 0.15) is 122 Å². The van der Waals surface area contributed by atoms with Crippen molar-refractivity contribution in [3.63, 3.8) is 0 Å². The Morgan fingerprint density at radius 1 is 0.842 bits per heavy atom. The van der Waals surface area contributed by atoms with Gasteiger partial charge in [0.1, 0.15) is 4.90 Å². The van der Waals surface area contributed by atoms with Crippen LogP contribution in [0.15, 0.2) is 47.4 Å². The van der Waals surface area contributed by atoms with Crippen LogP contribution in [-0.2, 0) is 20.8 Å². The molecule has 0 aromatic heterocycles. The number of rotatable bonds is 9. The number of nitrogens with zero attached hydrogens (tertiary/aromatic N) is 1. The molecule has 0 spiro atoms. The van der Waals surface area contributed by atoms with E-state index < -0.39 is 21.9 Å². The SMILES string of the molecule is CCCCc1ccc2cccc3c2c1C(=O)N(OS(=O)(=O)c1c(C(C)C)cc(C(C)C)cc1C(C)C)C3=O. The summed E-state index contributed by atoms with van der Waals surface area (Å²) in [5.74, 6) is -1.57. The Morgan fingerprint density at radius 3 is 2.03 bits per heavy atom. The summed E-state index contributed by atoms with van der Waals surface area (Å²) in [6, 6.07) is 12.8. The number of amides is 2. The number of carbonyl (C=O) groups excluding carboxylic acids is 2. The summed E-state index contributed by atoms with van der Waals surface area (Å²) in [7, 11) is -4.54. The number of carbonyl (C=O) groups is 2. The minimum absolute atomic E-state index is 0.0378. The van der Waals surface area contributed by atoms with Gasteiger partial charge in [0.25, 0.3) is 11.8 Å². The van der Waals surface area contributed by atoms with Gasteiger partial charge in [-0.2, -0.15) is 8.42 Å². The second-order valence-electron chi connectivity index (χ2n) is 11.0. The van der Waals surface area contributed by atoms with Crippen molar-refractivity contribution in [1.82, 2.24) is 5.06 Å². The van der Waals surface area contributed by atoms with Gasteiger partial charge in [-0.3, -0.25) is 9.59 Å². The quantitative estimate of drug-likeness (QED) is 0.266. The minimum Gasteiger partial charge on any atom is -0.266 e. The number of benzene rings is 3. The van der Waals surface area contributed by atoms with Gasteiger partial charge in [0.05, 0.1) is 11.1 Å². The van der Waals surface area contributed by atoms with E-state index in [-0.39, 0.29) is 28.2 Å². The smallest absolute Gasteiger partial charge is 0.266 e. The predicted molar refractivity (Wildman–Crippen MR) is 150 cm³/mol. The van der Waals surface area contributed by atoms with Crippen LogP contribution in [0.25, 0.3) is 10.8 Å². The maximum absolute atomic E-state index is 14.0. The Hall–Kier alpha value is -3.03. The lowest BCUT2D eigenvalue weighted by molar-refractivity contribution is -0.0156. The molecule has 3 aromatic carbocycles. The van der Waals surface area contributed by atoms with Gasteiger partial charge in [-0.15, -0.1) is 9.35 Å². The average Bonchev–Trinajstić information content (AvgIpc) is 2.87. The van der Waals surface area contributed by atoms with Gasteiger partial charge < -0.3 is 0 Å². The van der Waals surface area contributed by atoms with Crippen molar-refractivity contribution >= 4 is 32.7 Å². The van der Waals surface area contributed by atoms with Crippen LogP contribution < -0.4 is 0 Å². The van der Waals surface area contributed by atoms with Crippen molar-refractivity contribution in [2.24, 2.45) is 0 Å². The molecule has 0 unspecified atom stereocenters. The van der Waals surface area contributed by atoms with Crippen LogP contribution in [0, 0.1) is 0 Å². The first-order chi connectivity index (χ1) is 17.9. The van der Waals surface area contributed by atoms with Crippen molar-refractivity contribution in [1.29, 1.82) is 0 Å². The van der Waals surface area contributed by atoms with Gasteiger partial charge in [-0.05, 0) is 64.3 Å². The number of aryl methyl sites for hydroxylation is 1. The molecule has 0 aliphatic carbocycles. The lowest BCUT2D eigenvalue weighted by Crippen LogP contribution is -2.42. The van der Waals surface area contributed by atoms with E-state index in [1.54, 1.807) is 12.1 Å². The highest BCUT2D eigenvalue weighted by Crippen LogP contribution is 2.38. The fourth-order valence-electron chi connectivity index (χ4n) is 5.10. The highest BCUT2D eigenvalue weighted by molar-refractivity contribution is 7.86. The first kappa shape index (κ1) is 28.0. The van der Waals surface area contributed by atoms with Crippen LogP contribution in [0.3, 0.4) is 0 Å². The largest absolute Gasteiger partial charge is 0.318 e. The molecule has 2 amide bonds. The summed E-state index contributed by atoms with van der Waals surface area (Å²) in [5, 5.41) is 1.77. The van der Waals surface area contributed by atoms with Crippen molar-refractivity contribution < 1.29 is 22.3 Å². The standard InChI is InChI=1S/C31H37NO5S/c1-8-9-11-22-15-14-21-12-10-13-24-27(21)28(22)31(34)32(30(24)33)37-38(35,36)29-25(19(4)5)16-23(18(2)3)17-26(29)20(6)7/h10,12-20H,8-9,11H2,1-7H3. The van der Waals surface area contributed by atoms with Gasteiger partial charge >= 0.3 is 10.1 Å². The van der Waals surface area contributed by atoms with E-state index >= 15 is 0 Å². The summed E-state index contributed by atoms with van der Waals surface area (Å²) in [6.45, 7) is 13.9. The lowest BCUT2D eigenvalue weighted by Gasteiger charge is -2.28. The first-order valence-electron chi connectivity index (χ1n) is 13.4. The molecular formula is C31H37NO5S. The molecule has 0 bridgehead atoms. The zero-order valence-corrected chi connectivity index (χ0v) is 24.1. The third-order valence-electron chi connectivity index (χ3n) is 7.25. The zero-order chi connectivity index (χ0) is 27.9. The Morgan fingerprint density at radius 2 is 1.47 bits per heavy atom. The predicted octanol–water partition coefficient (Wildman–Crippen LogP) is 7.47. The number of hydrogen-bond acceptors (Lipinski definition) is 5. The lowest BCUT2D eigenvalue weighted by atomic mass is 9.89. The molecule has 7 heteroatoms. The van der Waals surface area contributed by atoms with Gasteiger partial charge in [0, 0.05) is 5.39 Å². The van der Waals surface area contributed by atoms with Crippen molar-refractivity contribution in [3.05, 3.63) is 75.8 Å². The van der Waals surface area contributed by atoms with Gasteiger partial charge in [-0.1, -0.05) is 91.3 Å². The Balaban J connectivity index is 1.88. The van der Waals surface area contributed by atoms with Crippen LogP contribution >= 0.6 is 0 Å². The van der Waals surface area contributed by atoms with Crippen LogP contribution in [0.4, 0.5) is 0 Å². The van der Waals surface area contributed by atoms with Crippen LogP contribution in [0.5, 0.6) is 0 Å². The maximum atomic E-state index is 14.0. The van der Waals surface area contributed by atoms with E-state index in [2.05, 4.69) is 20.8 Å². The van der Waals surface area contributed by atoms with Gasteiger partial charge in [0.15, 0.2) is 0 Å². The molecule has 0 fully saturated rings. The molecular weight excluding hydrogens is 498 g/mol. The van der Waals surface area contributed by atoms with E-state index in [1.807, 2.05) is 58.0 Å². The summed E-state index contributed by atoms with van der Waals surface area (Å²) in [4.78, 5) is 27.4. The Kier molecular flexibility index (Phi) is 7.82.